The highest BCUT2D eigenvalue weighted by Gasteiger charge is 2.43. The zero-order chi connectivity index (χ0) is 23.7. The zero-order valence-corrected chi connectivity index (χ0v) is 19.6. The van der Waals surface area contributed by atoms with Crippen molar-refractivity contribution in [3.05, 3.63) is 48.0 Å². The maximum atomic E-state index is 13.2. The number of ketones is 1. The summed E-state index contributed by atoms with van der Waals surface area (Å²) in [5.74, 6) is 2.43. The minimum atomic E-state index is -0.520. The molecule has 2 saturated heterocycles. The van der Waals surface area contributed by atoms with E-state index in [0.29, 0.717) is 25.3 Å². The van der Waals surface area contributed by atoms with E-state index in [1.807, 2.05) is 49.4 Å². The predicted molar refractivity (Wildman–Crippen MR) is 126 cm³/mol. The number of piperidine rings is 1. The second-order valence-electron chi connectivity index (χ2n) is 9.04. The molecular weight excluding hydrogens is 436 g/mol. The van der Waals surface area contributed by atoms with Gasteiger partial charge in [-0.25, -0.2) is 4.79 Å². The Morgan fingerprint density at radius 3 is 2.53 bits per heavy atom. The van der Waals surface area contributed by atoms with E-state index in [-0.39, 0.29) is 24.8 Å². The van der Waals surface area contributed by atoms with Gasteiger partial charge in [0.05, 0.1) is 19.1 Å². The van der Waals surface area contributed by atoms with Crippen molar-refractivity contribution in [1.29, 1.82) is 0 Å². The van der Waals surface area contributed by atoms with E-state index in [1.165, 1.54) is 0 Å². The first kappa shape index (κ1) is 22.5. The van der Waals surface area contributed by atoms with Gasteiger partial charge in [0.1, 0.15) is 17.6 Å². The molecule has 0 spiro atoms. The molecule has 0 aliphatic carbocycles. The van der Waals surface area contributed by atoms with Crippen molar-refractivity contribution in [2.45, 2.75) is 37.7 Å². The molecule has 1 amide bonds. The SMILES string of the molecule is CCC(=O)C1(c2ccc3c(c2)OCO3)CCN(CC2CN(c3ccc(OC)cc3)C(=O)O2)CC1. The number of cyclic esters (lactones) is 1. The van der Waals surface area contributed by atoms with Crippen LogP contribution >= 0.6 is 0 Å². The first-order valence-electron chi connectivity index (χ1n) is 11.8. The number of anilines is 1. The number of likely N-dealkylation sites (tertiary alicyclic amines) is 1. The van der Waals surface area contributed by atoms with Crippen molar-refractivity contribution < 1.29 is 28.5 Å². The van der Waals surface area contributed by atoms with Crippen molar-refractivity contribution in [3.8, 4) is 17.2 Å². The molecule has 1 unspecified atom stereocenters. The second-order valence-corrected chi connectivity index (χ2v) is 9.04. The average molecular weight is 467 g/mol. The summed E-state index contributed by atoms with van der Waals surface area (Å²) in [5.41, 5.74) is 1.27. The van der Waals surface area contributed by atoms with E-state index in [4.69, 9.17) is 18.9 Å². The molecule has 0 radical (unpaired) electrons. The summed E-state index contributed by atoms with van der Waals surface area (Å²) in [7, 11) is 1.61. The smallest absolute Gasteiger partial charge is 0.414 e. The number of ether oxygens (including phenoxy) is 4. The molecule has 180 valence electrons. The normalized spacial score (nSPS) is 21.4. The van der Waals surface area contributed by atoms with Gasteiger partial charge in [0, 0.05) is 18.7 Å². The number of hydrogen-bond donors (Lipinski definition) is 0. The molecule has 2 fully saturated rings. The van der Waals surface area contributed by atoms with Crippen molar-refractivity contribution >= 4 is 17.6 Å². The minimum Gasteiger partial charge on any atom is -0.497 e. The van der Waals surface area contributed by atoms with Crippen LogP contribution in [0.3, 0.4) is 0 Å². The molecular formula is C26H30N2O6. The lowest BCUT2D eigenvalue weighted by Gasteiger charge is -2.41. The number of nitrogens with zero attached hydrogens (tertiary/aromatic N) is 2. The standard InChI is InChI=1S/C26H30N2O6/c1-3-24(29)26(18-4-9-22-23(14-18)33-17-32-22)10-12-27(13-11-26)15-21-16-28(25(30)34-21)19-5-7-20(31-2)8-6-19/h4-9,14,21H,3,10-13,15-17H2,1-2H3. The fraction of sp³-hybridized carbons (Fsp3) is 0.462. The van der Waals surface area contributed by atoms with Crippen LogP contribution in [-0.4, -0.2) is 63.0 Å². The molecule has 0 saturated carbocycles. The van der Waals surface area contributed by atoms with Crippen molar-refractivity contribution in [2.75, 3.05) is 45.0 Å². The molecule has 1 atom stereocenters. The van der Waals surface area contributed by atoms with Crippen LogP contribution < -0.4 is 19.1 Å². The maximum Gasteiger partial charge on any atom is 0.414 e. The highest BCUT2D eigenvalue weighted by atomic mass is 16.7. The summed E-state index contributed by atoms with van der Waals surface area (Å²) in [4.78, 5) is 29.6. The van der Waals surface area contributed by atoms with Gasteiger partial charge in [0.25, 0.3) is 0 Å². The molecule has 3 aliphatic rings. The molecule has 0 N–H and O–H groups in total. The van der Waals surface area contributed by atoms with E-state index >= 15 is 0 Å². The molecule has 2 aromatic rings. The number of carbonyl (C=O) groups is 2. The van der Waals surface area contributed by atoms with Crippen LogP contribution in [0.5, 0.6) is 17.2 Å². The lowest BCUT2D eigenvalue weighted by molar-refractivity contribution is -0.126. The Hall–Kier alpha value is -3.26. The van der Waals surface area contributed by atoms with Crippen molar-refractivity contribution in [3.63, 3.8) is 0 Å². The van der Waals surface area contributed by atoms with E-state index in [0.717, 1.165) is 48.7 Å². The summed E-state index contributed by atoms with van der Waals surface area (Å²) >= 11 is 0. The quantitative estimate of drug-likeness (QED) is 0.615. The molecule has 0 aromatic heterocycles. The first-order chi connectivity index (χ1) is 16.5. The van der Waals surface area contributed by atoms with Crippen LogP contribution in [0.15, 0.2) is 42.5 Å². The summed E-state index contributed by atoms with van der Waals surface area (Å²) in [5, 5.41) is 0. The number of hydrogen-bond acceptors (Lipinski definition) is 7. The predicted octanol–water partition coefficient (Wildman–Crippen LogP) is 3.76. The molecule has 2 aromatic carbocycles. The highest BCUT2D eigenvalue weighted by molar-refractivity contribution is 5.91. The molecule has 3 aliphatic heterocycles. The summed E-state index contributed by atoms with van der Waals surface area (Å²) in [6.45, 7) is 4.82. The number of benzene rings is 2. The van der Waals surface area contributed by atoms with Gasteiger partial charge in [-0.2, -0.15) is 0 Å². The Kier molecular flexibility index (Phi) is 6.08. The van der Waals surface area contributed by atoms with Gasteiger partial charge in [-0.3, -0.25) is 14.6 Å². The summed E-state index contributed by atoms with van der Waals surface area (Å²) in [6, 6.07) is 13.3. The number of methoxy groups -OCH3 is 1. The zero-order valence-electron chi connectivity index (χ0n) is 19.6. The fourth-order valence-electron chi connectivity index (χ4n) is 5.26. The molecule has 0 bridgehead atoms. The van der Waals surface area contributed by atoms with E-state index in [9.17, 15) is 9.59 Å². The van der Waals surface area contributed by atoms with Gasteiger partial charge in [-0.05, 0) is 67.9 Å². The number of fused-ring (bicyclic) bond motifs is 1. The minimum absolute atomic E-state index is 0.213. The van der Waals surface area contributed by atoms with Crippen molar-refractivity contribution in [1.82, 2.24) is 4.90 Å². The molecule has 34 heavy (non-hydrogen) atoms. The third-order valence-electron chi connectivity index (χ3n) is 7.21. The lowest BCUT2D eigenvalue weighted by atomic mass is 9.69. The van der Waals surface area contributed by atoms with Crippen LogP contribution in [0.4, 0.5) is 10.5 Å². The van der Waals surface area contributed by atoms with Crippen LogP contribution in [0, 0.1) is 0 Å². The van der Waals surface area contributed by atoms with Crippen LogP contribution in [0.25, 0.3) is 0 Å². The molecule has 5 rings (SSSR count). The Morgan fingerprint density at radius 2 is 1.82 bits per heavy atom. The molecule has 3 heterocycles. The lowest BCUT2D eigenvalue weighted by Crippen LogP contribution is -2.49. The highest BCUT2D eigenvalue weighted by Crippen LogP contribution is 2.42. The monoisotopic (exact) mass is 466 g/mol. The van der Waals surface area contributed by atoms with Gasteiger partial charge >= 0.3 is 6.09 Å². The van der Waals surface area contributed by atoms with E-state index < -0.39 is 5.41 Å². The maximum absolute atomic E-state index is 13.2. The third-order valence-corrected chi connectivity index (χ3v) is 7.21. The topological polar surface area (TPSA) is 77.5 Å². The van der Waals surface area contributed by atoms with Gasteiger partial charge in [0.2, 0.25) is 6.79 Å². The van der Waals surface area contributed by atoms with Gasteiger partial charge in [-0.1, -0.05) is 13.0 Å². The Morgan fingerprint density at radius 1 is 1.09 bits per heavy atom. The Balaban J connectivity index is 1.24. The molecule has 8 nitrogen and oxygen atoms in total. The molecule has 8 heteroatoms. The van der Waals surface area contributed by atoms with Gasteiger partial charge < -0.3 is 18.9 Å². The number of carbonyl (C=O) groups excluding carboxylic acids is 2. The third kappa shape index (κ3) is 4.07. The van der Waals surface area contributed by atoms with Gasteiger partial charge in [0.15, 0.2) is 11.5 Å². The Bertz CT molecular complexity index is 1060. The average Bonchev–Trinajstić information content (AvgIpc) is 3.49. The number of amides is 1. The largest absolute Gasteiger partial charge is 0.497 e. The number of rotatable bonds is 7. The second kappa shape index (κ2) is 9.18. The van der Waals surface area contributed by atoms with E-state index in [2.05, 4.69) is 4.90 Å². The van der Waals surface area contributed by atoms with Gasteiger partial charge in [-0.15, -0.1) is 0 Å². The fourth-order valence-corrected chi connectivity index (χ4v) is 5.26. The van der Waals surface area contributed by atoms with Crippen LogP contribution in [0.1, 0.15) is 31.7 Å². The first-order valence-corrected chi connectivity index (χ1v) is 11.8. The summed E-state index contributed by atoms with van der Waals surface area (Å²) in [6.07, 6.45) is 1.40. The van der Waals surface area contributed by atoms with E-state index in [1.54, 1.807) is 12.0 Å². The van der Waals surface area contributed by atoms with Crippen LogP contribution in [0.2, 0.25) is 0 Å². The summed E-state index contributed by atoms with van der Waals surface area (Å²) < 4.78 is 21.9. The number of Topliss-reactive ketones (excluding diaryl/α,β-unsaturated/α-hetero) is 1. The van der Waals surface area contributed by atoms with Crippen molar-refractivity contribution in [2.24, 2.45) is 0 Å². The Labute approximate surface area is 199 Å². The van der Waals surface area contributed by atoms with Crippen LogP contribution in [-0.2, 0) is 14.9 Å².